The molecule has 5 nitrogen and oxygen atoms in total. The number of Topliss-reactive ketones (excluding diaryl/α,β-unsaturated/α-hetero) is 1. The molecule has 0 spiro atoms. The van der Waals surface area contributed by atoms with Gasteiger partial charge in [-0.2, -0.15) is 0 Å². The minimum absolute atomic E-state index is 0.0135. The molecule has 2 aromatic carbocycles. The van der Waals surface area contributed by atoms with Crippen LogP contribution in [0.2, 0.25) is 0 Å². The molecule has 1 fully saturated rings. The highest BCUT2D eigenvalue weighted by atomic mass is 35.5. The van der Waals surface area contributed by atoms with Crippen LogP contribution in [-0.2, 0) is 17.4 Å². The van der Waals surface area contributed by atoms with Gasteiger partial charge in [0, 0.05) is 48.1 Å². The van der Waals surface area contributed by atoms with E-state index in [1.165, 1.54) is 5.56 Å². The summed E-state index contributed by atoms with van der Waals surface area (Å²) in [7, 11) is 0. The van der Waals surface area contributed by atoms with Gasteiger partial charge in [0.05, 0.1) is 6.54 Å². The molecule has 0 amide bonds. The van der Waals surface area contributed by atoms with E-state index in [1.54, 1.807) is 0 Å². The molecule has 0 saturated carbocycles. The van der Waals surface area contributed by atoms with Gasteiger partial charge in [0.1, 0.15) is 5.75 Å². The van der Waals surface area contributed by atoms with Crippen molar-refractivity contribution in [2.45, 2.75) is 58.9 Å². The highest BCUT2D eigenvalue weighted by molar-refractivity contribution is 6.19. The third-order valence-electron chi connectivity index (χ3n) is 5.88. The summed E-state index contributed by atoms with van der Waals surface area (Å²) in [6.45, 7) is 14.6. The van der Waals surface area contributed by atoms with E-state index in [1.807, 2.05) is 76.8 Å². The standard InChI is InChI=1S/C26H34ClN3O2/c1-25(2,3)20-14-19(15-21(23(20)32)26(4,5)6)22(31)17-30-13-12-29(24(30)28-27)16-18-10-8-7-9-11-18/h7-11,14-15,32H,12-13,16-17H2,1-6H3/b28-24-. The number of carbonyl (C=O) groups excluding carboxylic acids is 1. The second-order valence-corrected chi connectivity index (χ2v) is 10.7. The van der Waals surface area contributed by atoms with E-state index in [4.69, 9.17) is 11.8 Å². The summed E-state index contributed by atoms with van der Waals surface area (Å²) in [6, 6.07) is 13.8. The van der Waals surface area contributed by atoms with Crippen molar-refractivity contribution < 1.29 is 9.90 Å². The molecule has 3 rings (SSSR count). The van der Waals surface area contributed by atoms with E-state index in [2.05, 4.69) is 21.5 Å². The second kappa shape index (κ2) is 9.14. The van der Waals surface area contributed by atoms with Crippen molar-refractivity contribution in [2.24, 2.45) is 4.51 Å². The highest BCUT2D eigenvalue weighted by Crippen LogP contribution is 2.40. The van der Waals surface area contributed by atoms with Crippen LogP contribution in [-0.4, -0.2) is 46.3 Å². The van der Waals surface area contributed by atoms with Gasteiger partial charge >= 0.3 is 0 Å². The fraction of sp³-hybridized carbons (Fsp3) is 0.462. The van der Waals surface area contributed by atoms with Crippen molar-refractivity contribution >= 4 is 23.5 Å². The van der Waals surface area contributed by atoms with Gasteiger partial charge in [-0.25, -0.2) is 0 Å². The Morgan fingerprint density at radius 2 is 1.50 bits per heavy atom. The van der Waals surface area contributed by atoms with Crippen LogP contribution >= 0.6 is 11.8 Å². The van der Waals surface area contributed by atoms with Crippen LogP contribution in [0.1, 0.15) is 68.6 Å². The quantitative estimate of drug-likeness (QED) is 0.605. The normalized spacial score (nSPS) is 16.2. The lowest BCUT2D eigenvalue weighted by atomic mass is 9.78. The zero-order valence-corrected chi connectivity index (χ0v) is 20.7. The summed E-state index contributed by atoms with van der Waals surface area (Å²) in [5.74, 6) is 0.884. The van der Waals surface area contributed by atoms with Crippen LogP contribution in [0.25, 0.3) is 0 Å². The summed E-state index contributed by atoms with van der Waals surface area (Å²) < 4.78 is 3.97. The lowest BCUT2D eigenvalue weighted by Gasteiger charge is -2.28. The Hall–Kier alpha value is -2.53. The maximum atomic E-state index is 13.4. The molecule has 32 heavy (non-hydrogen) atoms. The lowest BCUT2D eigenvalue weighted by molar-refractivity contribution is 0.0966. The van der Waals surface area contributed by atoms with E-state index < -0.39 is 0 Å². The maximum absolute atomic E-state index is 13.4. The molecule has 1 N–H and O–H groups in total. The molecule has 0 aliphatic carbocycles. The van der Waals surface area contributed by atoms with E-state index in [0.717, 1.165) is 17.7 Å². The molecule has 6 heteroatoms. The zero-order valence-electron chi connectivity index (χ0n) is 19.9. The van der Waals surface area contributed by atoms with Crippen molar-refractivity contribution in [2.75, 3.05) is 19.6 Å². The summed E-state index contributed by atoms with van der Waals surface area (Å²) in [4.78, 5) is 17.4. The molecule has 2 aromatic rings. The third kappa shape index (κ3) is 5.26. The molecule has 0 radical (unpaired) electrons. The molecule has 1 aliphatic rings. The smallest absolute Gasteiger partial charge is 0.215 e. The Morgan fingerprint density at radius 3 is 2.00 bits per heavy atom. The summed E-state index contributed by atoms with van der Waals surface area (Å²) in [5, 5.41) is 10.9. The number of carbonyl (C=O) groups is 1. The molecule has 0 aromatic heterocycles. The van der Waals surface area contributed by atoms with Crippen LogP contribution in [0.4, 0.5) is 0 Å². The summed E-state index contributed by atoms with van der Waals surface area (Å²) in [5.41, 5.74) is 2.76. The first kappa shape index (κ1) is 24.1. The topological polar surface area (TPSA) is 56.1 Å². The van der Waals surface area contributed by atoms with Crippen LogP contribution < -0.4 is 0 Å². The van der Waals surface area contributed by atoms with Gasteiger partial charge in [-0.1, -0.05) is 71.9 Å². The molecule has 1 saturated heterocycles. The maximum Gasteiger partial charge on any atom is 0.215 e. The van der Waals surface area contributed by atoms with Crippen molar-refractivity contribution in [3.05, 3.63) is 64.7 Å². The molecule has 1 aliphatic heterocycles. The van der Waals surface area contributed by atoms with E-state index in [9.17, 15) is 9.90 Å². The van der Waals surface area contributed by atoms with Crippen molar-refractivity contribution in [1.29, 1.82) is 0 Å². The van der Waals surface area contributed by atoms with Gasteiger partial charge in [0.15, 0.2) is 5.78 Å². The molecular weight excluding hydrogens is 422 g/mol. The number of hydrogen-bond donors (Lipinski definition) is 1. The largest absolute Gasteiger partial charge is 0.507 e. The van der Waals surface area contributed by atoms with E-state index in [0.29, 0.717) is 24.6 Å². The molecular formula is C26H34ClN3O2. The minimum Gasteiger partial charge on any atom is -0.507 e. The van der Waals surface area contributed by atoms with Gasteiger partial charge in [-0.15, -0.1) is 4.51 Å². The Bertz CT molecular complexity index is 969. The minimum atomic E-state index is -0.288. The molecule has 0 bridgehead atoms. The average molecular weight is 456 g/mol. The lowest BCUT2D eigenvalue weighted by Crippen LogP contribution is -2.36. The monoisotopic (exact) mass is 455 g/mol. The van der Waals surface area contributed by atoms with Gasteiger partial charge in [-0.3, -0.25) is 4.79 Å². The van der Waals surface area contributed by atoms with Gasteiger partial charge in [0.25, 0.3) is 0 Å². The van der Waals surface area contributed by atoms with E-state index in [-0.39, 0.29) is 28.9 Å². The fourth-order valence-corrected chi connectivity index (χ4v) is 4.27. The first-order chi connectivity index (χ1) is 14.9. The Morgan fingerprint density at radius 1 is 0.969 bits per heavy atom. The van der Waals surface area contributed by atoms with Gasteiger partial charge in [0.2, 0.25) is 5.96 Å². The average Bonchev–Trinajstić information content (AvgIpc) is 3.08. The SMILES string of the molecule is CC(C)(C)c1cc(C(=O)CN2CCN(Cc3ccccc3)/C2=N/Cl)cc(C(C)(C)C)c1O. The molecule has 1 heterocycles. The number of ketones is 1. The highest BCUT2D eigenvalue weighted by Gasteiger charge is 2.31. The van der Waals surface area contributed by atoms with E-state index >= 15 is 0 Å². The first-order valence-electron chi connectivity index (χ1n) is 11.1. The number of nitrogens with zero attached hydrogens (tertiary/aromatic N) is 3. The number of phenolic OH excluding ortho intramolecular Hbond substituents is 1. The molecule has 0 unspecified atom stereocenters. The Balaban J connectivity index is 1.85. The fourth-order valence-electron chi connectivity index (χ4n) is 4.06. The van der Waals surface area contributed by atoms with Crippen LogP contribution in [0, 0.1) is 0 Å². The van der Waals surface area contributed by atoms with Crippen LogP contribution in [0.15, 0.2) is 47.0 Å². The Labute approximate surface area is 196 Å². The predicted octanol–water partition coefficient (Wildman–Crippen LogP) is 5.50. The van der Waals surface area contributed by atoms with Crippen molar-refractivity contribution in [1.82, 2.24) is 9.80 Å². The second-order valence-electron chi connectivity index (χ2n) is 10.6. The van der Waals surface area contributed by atoms with Gasteiger partial charge in [-0.05, 0) is 28.5 Å². The molecule has 0 atom stereocenters. The van der Waals surface area contributed by atoms with Crippen molar-refractivity contribution in [3.63, 3.8) is 0 Å². The number of guanidine groups is 1. The summed E-state index contributed by atoms with van der Waals surface area (Å²) >= 11 is 5.94. The predicted molar refractivity (Wildman–Crippen MR) is 132 cm³/mol. The number of rotatable bonds is 5. The third-order valence-corrected chi connectivity index (χ3v) is 6.03. The van der Waals surface area contributed by atoms with Crippen LogP contribution in [0.5, 0.6) is 5.75 Å². The number of benzene rings is 2. The van der Waals surface area contributed by atoms with Crippen LogP contribution in [0.3, 0.4) is 0 Å². The summed E-state index contributed by atoms with van der Waals surface area (Å²) in [6.07, 6.45) is 0. The number of halogens is 1. The van der Waals surface area contributed by atoms with Gasteiger partial charge < -0.3 is 14.9 Å². The number of phenols is 1. The number of aromatic hydroxyl groups is 1. The number of hydrogen-bond acceptors (Lipinski definition) is 3. The zero-order chi connectivity index (χ0) is 23.7. The first-order valence-corrected chi connectivity index (χ1v) is 11.4. The Kier molecular flexibility index (Phi) is 6.89. The molecule has 172 valence electrons. The van der Waals surface area contributed by atoms with Crippen molar-refractivity contribution in [3.8, 4) is 5.75 Å².